The summed E-state index contributed by atoms with van der Waals surface area (Å²) in [4.78, 5) is 18.9. The molecular weight excluding hydrogens is 374 g/mol. The molecule has 1 aliphatic rings. The largest absolute Gasteiger partial charge is 0.482 e. The molecular formula is C18H22ClN3O3S. The Hall–Kier alpha value is -1.67. The Morgan fingerprint density at radius 2 is 2.12 bits per heavy atom. The van der Waals surface area contributed by atoms with Gasteiger partial charge in [0.1, 0.15) is 5.75 Å². The van der Waals surface area contributed by atoms with Crippen molar-refractivity contribution in [1.82, 2.24) is 9.88 Å². The SMILES string of the molecule is CC1CN(Cc2csc(NC(=O)COc3ccccc3Cl)n2)CC(C)O1. The number of benzene rings is 1. The van der Waals surface area contributed by atoms with Gasteiger partial charge in [-0.3, -0.25) is 15.0 Å². The molecule has 140 valence electrons. The van der Waals surface area contributed by atoms with E-state index in [1.807, 2.05) is 11.4 Å². The molecule has 2 heterocycles. The lowest BCUT2D eigenvalue weighted by molar-refractivity contribution is -0.118. The Morgan fingerprint density at radius 1 is 1.38 bits per heavy atom. The number of hydrogen-bond acceptors (Lipinski definition) is 6. The molecule has 6 nitrogen and oxygen atoms in total. The van der Waals surface area contributed by atoms with E-state index >= 15 is 0 Å². The molecule has 1 amide bonds. The predicted molar refractivity (Wildman–Crippen MR) is 103 cm³/mol. The summed E-state index contributed by atoms with van der Waals surface area (Å²) >= 11 is 7.41. The van der Waals surface area contributed by atoms with Crippen molar-refractivity contribution in [2.75, 3.05) is 25.0 Å². The molecule has 0 bridgehead atoms. The third-order valence-electron chi connectivity index (χ3n) is 3.87. The van der Waals surface area contributed by atoms with E-state index in [1.165, 1.54) is 11.3 Å². The monoisotopic (exact) mass is 395 g/mol. The number of ether oxygens (including phenoxy) is 2. The molecule has 1 aliphatic heterocycles. The number of anilines is 1. The van der Waals surface area contributed by atoms with Crippen LogP contribution in [0.15, 0.2) is 29.6 Å². The van der Waals surface area contributed by atoms with Gasteiger partial charge in [0.25, 0.3) is 5.91 Å². The van der Waals surface area contributed by atoms with Crippen LogP contribution in [-0.2, 0) is 16.1 Å². The lowest BCUT2D eigenvalue weighted by Gasteiger charge is -2.34. The molecule has 0 spiro atoms. The van der Waals surface area contributed by atoms with Gasteiger partial charge in [-0.2, -0.15) is 0 Å². The second-order valence-electron chi connectivity index (χ2n) is 6.36. The number of thiazole rings is 1. The van der Waals surface area contributed by atoms with Gasteiger partial charge in [-0.05, 0) is 26.0 Å². The Morgan fingerprint density at radius 3 is 2.85 bits per heavy atom. The Bertz CT molecular complexity index is 745. The van der Waals surface area contributed by atoms with Crippen LogP contribution in [0.2, 0.25) is 5.02 Å². The third kappa shape index (κ3) is 5.41. The molecule has 3 rings (SSSR count). The van der Waals surface area contributed by atoms with Gasteiger partial charge in [-0.25, -0.2) is 4.98 Å². The predicted octanol–water partition coefficient (Wildman–Crippen LogP) is 3.42. The normalized spacial score (nSPS) is 20.7. The van der Waals surface area contributed by atoms with Crippen LogP contribution < -0.4 is 10.1 Å². The van der Waals surface area contributed by atoms with Crippen molar-refractivity contribution in [3.8, 4) is 5.75 Å². The van der Waals surface area contributed by atoms with Crippen molar-refractivity contribution in [3.05, 3.63) is 40.4 Å². The van der Waals surface area contributed by atoms with E-state index in [2.05, 4.69) is 29.0 Å². The average molecular weight is 396 g/mol. The highest BCUT2D eigenvalue weighted by Crippen LogP contribution is 2.23. The van der Waals surface area contributed by atoms with Gasteiger partial charge in [0.05, 0.1) is 22.9 Å². The average Bonchev–Trinajstić information content (AvgIpc) is 3.00. The van der Waals surface area contributed by atoms with Crippen LogP contribution in [0.4, 0.5) is 5.13 Å². The zero-order chi connectivity index (χ0) is 18.5. The maximum Gasteiger partial charge on any atom is 0.264 e. The van der Waals surface area contributed by atoms with Crippen molar-refractivity contribution in [3.63, 3.8) is 0 Å². The van der Waals surface area contributed by atoms with E-state index in [0.717, 1.165) is 25.3 Å². The van der Waals surface area contributed by atoms with Crippen molar-refractivity contribution < 1.29 is 14.3 Å². The van der Waals surface area contributed by atoms with Crippen LogP contribution in [0.3, 0.4) is 0 Å². The minimum absolute atomic E-state index is 0.114. The fourth-order valence-corrected chi connectivity index (χ4v) is 3.85. The summed E-state index contributed by atoms with van der Waals surface area (Å²) < 4.78 is 11.2. The van der Waals surface area contributed by atoms with Crippen LogP contribution in [0.5, 0.6) is 5.75 Å². The molecule has 0 radical (unpaired) electrons. The minimum Gasteiger partial charge on any atom is -0.482 e. The van der Waals surface area contributed by atoms with Crippen LogP contribution in [0.1, 0.15) is 19.5 Å². The van der Waals surface area contributed by atoms with Crippen molar-refractivity contribution in [1.29, 1.82) is 0 Å². The summed E-state index contributed by atoms with van der Waals surface area (Å²) in [5, 5.41) is 5.78. The van der Waals surface area contributed by atoms with Crippen molar-refractivity contribution >= 4 is 34.0 Å². The van der Waals surface area contributed by atoms with Gasteiger partial charge in [0, 0.05) is 25.0 Å². The maximum atomic E-state index is 12.0. The first-order chi connectivity index (χ1) is 12.5. The van der Waals surface area contributed by atoms with E-state index in [0.29, 0.717) is 15.9 Å². The summed E-state index contributed by atoms with van der Waals surface area (Å²) in [6.07, 6.45) is 0.442. The molecule has 1 aromatic heterocycles. The summed E-state index contributed by atoms with van der Waals surface area (Å²) in [7, 11) is 0. The van der Waals surface area contributed by atoms with Gasteiger partial charge in [-0.15, -0.1) is 11.3 Å². The molecule has 1 N–H and O–H groups in total. The number of halogens is 1. The first kappa shape index (κ1) is 19.1. The molecule has 0 aliphatic carbocycles. The fraction of sp³-hybridized carbons (Fsp3) is 0.444. The maximum absolute atomic E-state index is 12.0. The summed E-state index contributed by atoms with van der Waals surface area (Å²) in [5.74, 6) is 0.221. The molecule has 8 heteroatoms. The molecule has 2 atom stereocenters. The Kier molecular flexibility index (Phi) is 6.48. The standard InChI is InChI=1S/C18H22ClN3O3S/c1-12-7-22(8-13(2)25-12)9-14-11-26-18(20-14)21-17(23)10-24-16-6-4-3-5-15(16)19/h3-6,11-13H,7-10H2,1-2H3,(H,20,21,23). The van der Waals surface area contributed by atoms with Crippen molar-refractivity contribution in [2.24, 2.45) is 0 Å². The minimum atomic E-state index is -0.264. The zero-order valence-electron chi connectivity index (χ0n) is 14.8. The number of nitrogens with zero attached hydrogens (tertiary/aromatic N) is 2. The fourth-order valence-electron chi connectivity index (χ4n) is 2.94. The highest BCUT2D eigenvalue weighted by molar-refractivity contribution is 7.13. The van der Waals surface area contributed by atoms with Gasteiger partial charge in [-0.1, -0.05) is 23.7 Å². The lowest BCUT2D eigenvalue weighted by Crippen LogP contribution is -2.44. The molecule has 1 saturated heterocycles. The number of morpholine rings is 1. The quantitative estimate of drug-likeness (QED) is 0.811. The van der Waals surface area contributed by atoms with Gasteiger partial charge in [0.2, 0.25) is 0 Å². The summed E-state index contributed by atoms with van der Waals surface area (Å²) in [6, 6.07) is 7.05. The number of hydrogen-bond donors (Lipinski definition) is 1. The Balaban J connectivity index is 1.48. The summed E-state index contributed by atoms with van der Waals surface area (Å²) in [6.45, 7) is 6.56. The van der Waals surface area contributed by atoms with Crippen LogP contribution in [-0.4, -0.2) is 47.7 Å². The van der Waals surface area contributed by atoms with Gasteiger partial charge in [0.15, 0.2) is 11.7 Å². The zero-order valence-corrected chi connectivity index (χ0v) is 16.3. The first-order valence-corrected chi connectivity index (χ1v) is 9.74. The van der Waals surface area contributed by atoms with E-state index in [9.17, 15) is 4.79 Å². The molecule has 0 saturated carbocycles. The topological polar surface area (TPSA) is 63.7 Å². The highest BCUT2D eigenvalue weighted by Gasteiger charge is 2.22. The third-order valence-corrected chi connectivity index (χ3v) is 4.99. The number of carbonyl (C=O) groups is 1. The smallest absolute Gasteiger partial charge is 0.264 e. The molecule has 2 aromatic rings. The van der Waals surface area contributed by atoms with Crippen molar-refractivity contribution in [2.45, 2.75) is 32.6 Å². The van der Waals surface area contributed by atoms with Crippen LogP contribution >= 0.6 is 22.9 Å². The lowest BCUT2D eigenvalue weighted by atomic mass is 10.2. The van der Waals surface area contributed by atoms with E-state index < -0.39 is 0 Å². The number of para-hydroxylation sites is 1. The number of nitrogens with one attached hydrogen (secondary N) is 1. The van der Waals surface area contributed by atoms with Gasteiger partial charge >= 0.3 is 0 Å². The van der Waals surface area contributed by atoms with E-state index in [4.69, 9.17) is 21.1 Å². The number of rotatable bonds is 6. The van der Waals surface area contributed by atoms with Crippen LogP contribution in [0, 0.1) is 0 Å². The molecule has 1 aromatic carbocycles. The highest BCUT2D eigenvalue weighted by atomic mass is 35.5. The van der Waals surface area contributed by atoms with E-state index in [1.54, 1.807) is 18.2 Å². The van der Waals surface area contributed by atoms with Crippen LogP contribution in [0.25, 0.3) is 0 Å². The number of amides is 1. The second kappa shape index (κ2) is 8.81. The number of aromatic nitrogens is 1. The molecule has 1 fully saturated rings. The molecule has 2 unspecified atom stereocenters. The second-order valence-corrected chi connectivity index (χ2v) is 7.63. The van der Waals surface area contributed by atoms with E-state index in [-0.39, 0.29) is 24.7 Å². The number of carbonyl (C=O) groups excluding carboxylic acids is 1. The Labute approximate surface area is 162 Å². The van der Waals surface area contributed by atoms with Gasteiger partial charge < -0.3 is 9.47 Å². The summed E-state index contributed by atoms with van der Waals surface area (Å²) in [5.41, 5.74) is 0.943. The molecule has 26 heavy (non-hydrogen) atoms. The first-order valence-electron chi connectivity index (χ1n) is 8.49.